The van der Waals surface area contributed by atoms with Gasteiger partial charge in [0.25, 0.3) is 0 Å². The summed E-state index contributed by atoms with van der Waals surface area (Å²) in [6, 6.07) is -0.905. The molecule has 0 aromatic heterocycles. The van der Waals surface area contributed by atoms with Crippen LogP contribution in [-0.4, -0.2) is 76.3 Å². The first-order valence-electron chi connectivity index (χ1n) is 6.51. The lowest BCUT2D eigenvalue weighted by Gasteiger charge is -2.42. The van der Waals surface area contributed by atoms with Crippen molar-refractivity contribution >= 4 is 23.8 Å². The number of carbonyl (C=O) groups is 2. The standard InChI is InChI=1S/C12H20N2O4S/c1-8-9(2)19-6-4-13(8)12(17)14-3-5-18-7-10(14)11(15)16/h8-10H,3-7H2,1-2H3,(H,15,16). The SMILES string of the molecule is CC1SCCN(C(=O)N2CCOCC2C(=O)O)C1C. The Labute approximate surface area is 117 Å². The van der Waals surface area contributed by atoms with Gasteiger partial charge in [-0.15, -0.1) is 0 Å². The van der Waals surface area contributed by atoms with E-state index in [4.69, 9.17) is 4.74 Å². The van der Waals surface area contributed by atoms with Crippen LogP contribution in [0.3, 0.4) is 0 Å². The van der Waals surface area contributed by atoms with Gasteiger partial charge in [-0.05, 0) is 6.92 Å². The fourth-order valence-corrected chi connectivity index (χ4v) is 3.50. The molecule has 2 amide bonds. The Hall–Kier alpha value is -0.950. The number of morpholine rings is 1. The van der Waals surface area contributed by atoms with Crippen molar-refractivity contribution in [3.05, 3.63) is 0 Å². The number of ether oxygens (including phenoxy) is 1. The summed E-state index contributed by atoms with van der Waals surface area (Å²) in [7, 11) is 0. The second kappa shape index (κ2) is 6.00. The van der Waals surface area contributed by atoms with E-state index >= 15 is 0 Å². The zero-order chi connectivity index (χ0) is 14.0. The molecule has 0 aromatic carbocycles. The van der Waals surface area contributed by atoms with Crippen LogP contribution in [0.4, 0.5) is 4.79 Å². The molecular weight excluding hydrogens is 268 g/mol. The Bertz CT molecular complexity index is 366. The van der Waals surface area contributed by atoms with Gasteiger partial charge in [-0.2, -0.15) is 11.8 Å². The maximum atomic E-state index is 12.5. The van der Waals surface area contributed by atoms with Crippen molar-refractivity contribution in [1.82, 2.24) is 9.80 Å². The highest BCUT2D eigenvalue weighted by atomic mass is 32.2. The number of hydrogen-bond acceptors (Lipinski definition) is 4. The molecule has 0 aliphatic carbocycles. The van der Waals surface area contributed by atoms with Crippen LogP contribution in [0.5, 0.6) is 0 Å². The number of aliphatic carboxylic acids is 1. The number of nitrogens with zero attached hydrogens (tertiary/aromatic N) is 2. The molecule has 2 aliphatic rings. The van der Waals surface area contributed by atoms with Crippen LogP contribution in [0.2, 0.25) is 0 Å². The Kier molecular flexibility index (Phi) is 4.57. The number of carboxylic acids is 1. The molecule has 2 fully saturated rings. The minimum Gasteiger partial charge on any atom is -0.480 e. The minimum atomic E-state index is -1.000. The molecule has 0 bridgehead atoms. The van der Waals surface area contributed by atoms with Crippen molar-refractivity contribution in [3.8, 4) is 0 Å². The first-order chi connectivity index (χ1) is 9.02. The highest BCUT2D eigenvalue weighted by molar-refractivity contribution is 8.00. The van der Waals surface area contributed by atoms with Gasteiger partial charge < -0.3 is 19.6 Å². The van der Waals surface area contributed by atoms with E-state index in [2.05, 4.69) is 6.92 Å². The van der Waals surface area contributed by atoms with E-state index in [1.54, 1.807) is 4.90 Å². The summed E-state index contributed by atoms with van der Waals surface area (Å²) in [6.07, 6.45) is 0. The lowest BCUT2D eigenvalue weighted by atomic mass is 10.2. The lowest BCUT2D eigenvalue weighted by molar-refractivity contribution is -0.147. The van der Waals surface area contributed by atoms with Gasteiger partial charge in [-0.3, -0.25) is 0 Å². The first-order valence-corrected chi connectivity index (χ1v) is 7.56. The van der Waals surface area contributed by atoms with Crippen molar-refractivity contribution in [2.24, 2.45) is 0 Å². The zero-order valence-electron chi connectivity index (χ0n) is 11.2. The minimum absolute atomic E-state index is 0.0770. The van der Waals surface area contributed by atoms with Crippen LogP contribution in [-0.2, 0) is 9.53 Å². The number of carboxylic acid groups (broad SMARTS) is 1. The van der Waals surface area contributed by atoms with Crippen LogP contribution in [0.15, 0.2) is 0 Å². The normalized spacial score (nSPS) is 32.2. The number of rotatable bonds is 1. The molecule has 19 heavy (non-hydrogen) atoms. The molecule has 2 heterocycles. The fraction of sp³-hybridized carbons (Fsp3) is 0.833. The molecule has 0 spiro atoms. The maximum absolute atomic E-state index is 12.5. The van der Waals surface area contributed by atoms with Crippen LogP contribution in [0, 0.1) is 0 Å². The second-order valence-electron chi connectivity index (χ2n) is 4.91. The molecule has 0 radical (unpaired) electrons. The topological polar surface area (TPSA) is 70.1 Å². The molecule has 0 aromatic rings. The van der Waals surface area contributed by atoms with E-state index in [1.165, 1.54) is 4.90 Å². The molecule has 6 nitrogen and oxygen atoms in total. The number of hydrogen-bond donors (Lipinski definition) is 1. The molecule has 2 aliphatic heterocycles. The van der Waals surface area contributed by atoms with Crippen LogP contribution in [0.1, 0.15) is 13.8 Å². The average Bonchev–Trinajstić information content (AvgIpc) is 2.41. The molecule has 0 saturated carbocycles. The summed E-state index contributed by atoms with van der Waals surface area (Å²) >= 11 is 1.85. The molecule has 7 heteroatoms. The van der Waals surface area contributed by atoms with Gasteiger partial charge in [0.05, 0.1) is 13.2 Å². The van der Waals surface area contributed by atoms with Crippen LogP contribution < -0.4 is 0 Å². The van der Waals surface area contributed by atoms with Gasteiger partial charge in [0.15, 0.2) is 6.04 Å². The highest BCUT2D eigenvalue weighted by Crippen LogP contribution is 2.26. The summed E-state index contributed by atoms with van der Waals surface area (Å²) in [6.45, 7) is 5.63. The number of carbonyl (C=O) groups excluding carboxylic acids is 1. The summed E-state index contributed by atoms with van der Waals surface area (Å²) < 4.78 is 5.16. The largest absolute Gasteiger partial charge is 0.480 e. The third-order valence-corrected chi connectivity index (χ3v) is 5.13. The van der Waals surface area contributed by atoms with Gasteiger partial charge in [0.2, 0.25) is 0 Å². The molecule has 3 atom stereocenters. The summed E-state index contributed by atoms with van der Waals surface area (Å²) in [5, 5.41) is 9.55. The average molecular weight is 288 g/mol. The van der Waals surface area contributed by atoms with Gasteiger partial charge in [-0.1, -0.05) is 6.92 Å². The van der Waals surface area contributed by atoms with Crippen molar-refractivity contribution in [2.75, 3.05) is 32.1 Å². The molecule has 108 valence electrons. The predicted octanol–water partition coefficient (Wildman–Crippen LogP) is 0.718. The zero-order valence-corrected chi connectivity index (χ0v) is 12.1. The van der Waals surface area contributed by atoms with Crippen molar-refractivity contribution in [3.63, 3.8) is 0 Å². The molecule has 2 rings (SSSR count). The van der Waals surface area contributed by atoms with Gasteiger partial charge in [0.1, 0.15) is 0 Å². The van der Waals surface area contributed by atoms with Crippen LogP contribution >= 0.6 is 11.8 Å². The van der Waals surface area contributed by atoms with Crippen molar-refractivity contribution in [1.29, 1.82) is 0 Å². The molecule has 3 unspecified atom stereocenters. The van der Waals surface area contributed by atoms with E-state index < -0.39 is 12.0 Å². The molecule has 1 N–H and O–H groups in total. The Morgan fingerprint density at radius 3 is 2.68 bits per heavy atom. The third kappa shape index (κ3) is 2.97. The van der Waals surface area contributed by atoms with E-state index in [1.807, 2.05) is 18.7 Å². The van der Waals surface area contributed by atoms with Crippen molar-refractivity contribution in [2.45, 2.75) is 31.2 Å². The third-order valence-electron chi connectivity index (χ3n) is 3.79. The Morgan fingerprint density at radius 1 is 1.26 bits per heavy atom. The summed E-state index contributed by atoms with van der Waals surface area (Å²) in [5.41, 5.74) is 0. The summed E-state index contributed by atoms with van der Waals surface area (Å²) in [5.74, 6) is -0.0978. The second-order valence-corrected chi connectivity index (χ2v) is 6.40. The van der Waals surface area contributed by atoms with Gasteiger partial charge >= 0.3 is 12.0 Å². The van der Waals surface area contributed by atoms with E-state index in [-0.39, 0.29) is 18.7 Å². The van der Waals surface area contributed by atoms with Crippen molar-refractivity contribution < 1.29 is 19.4 Å². The lowest BCUT2D eigenvalue weighted by Crippen LogP contribution is -2.60. The fourth-order valence-electron chi connectivity index (χ4n) is 2.41. The maximum Gasteiger partial charge on any atom is 0.328 e. The Balaban J connectivity index is 2.10. The highest BCUT2D eigenvalue weighted by Gasteiger charge is 2.38. The van der Waals surface area contributed by atoms with E-state index in [9.17, 15) is 14.7 Å². The first kappa shape index (κ1) is 14.5. The summed E-state index contributed by atoms with van der Waals surface area (Å²) in [4.78, 5) is 27.0. The quantitative estimate of drug-likeness (QED) is 0.770. The number of amides is 2. The Morgan fingerprint density at radius 2 is 2.00 bits per heavy atom. The van der Waals surface area contributed by atoms with Crippen LogP contribution in [0.25, 0.3) is 0 Å². The van der Waals surface area contributed by atoms with Gasteiger partial charge in [0, 0.05) is 30.1 Å². The van der Waals surface area contributed by atoms with Gasteiger partial charge in [-0.25, -0.2) is 9.59 Å². The van der Waals surface area contributed by atoms with E-state index in [0.717, 1.165) is 5.75 Å². The molecular formula is C12H20N2O4S. The number of urea groups is 1. The van der Waals surface area contributed by atoms with E-state index in [0.29, 0.717) is 24.9 Å². The molecule has 2 saturated heterocycles. The monoisotopic (exact) mass is 288 g/mol. The predicted molar refractivity (Wildman–Crippen MR) is 72.4 cm³/mol. The smallest absolute Gasteiger partial charge is 0.328 e. The number of thioether (sulfide) groups is 1.